The molecule has 6 nitrogen and oxygen atoms in total. The van der Waals surface area contributed by atoms with Crippen LogP contribution < -0.4 is 0 Å². The third-order valence-corrected chi connectivity index (χ3v) is 16.1. The first-order valence-electron chi connectivity index (χ1n) is 6.71. The molecule has 8 heteroatoms. The zero-order valence-corrected chi connectivity index (χ0v) is 21.4. The molecule has 2 radical (unpaired) electrons. The van der Waals surface area contributed by atoms with Crippen molar-refractivity contribution < 1.29 is 0 Å². The fourth-order valence-corrected chi connectivity index (χ4v) is 16.1. The first-order valence-corrected chi connectivity index (χ1v) is 14.4. The van der Waals surface area contributed by atoms with Crippen molar-refractivity contribution in [2.24, 2.45) is 0 Å². The van der Waals surface area contributed by atoms with Crippen molar-refractivity contribution >= 4 is 41.2 Å². The van der Waals surface area contributed by atoms with Gasteiger partial charge >= 0.3 is 144 Å². The molecule has 0 amide bonds. The molecule has 0 atom stereocenters. The predicted molar refractivity (Wildman–Crippen MR) is 93.6 cm³/mol. The van der Waals surface area contributed by atoms with Gasteiger partial charge in [0, 0.05) is 0 Å². The third kappa shape index (κ3) is 10.1. The van der Waals surface area contributed by atoms with Crippen molar-refractivity contribution in [3.63, 3.8) is 0 Å². The van der Waals surface area contributed by atoms with Gasteiger partial charge in [-0.3, -0.25) is 0 Å². The van der Waals surface area contributed by atoms with Gasteiger partial charge in [0.15, 0.2) is 0 Å². The van der Waals surface area contributed by atoms with E-state index in [0.717, 1.165) is 0 Å². The number of hydrogen-bond acceptors (Lipinski definition) is 6. The Hall–Kier alpha value is 1.36. The van der Waals surface area contributed by atoms with E-state index >= 15 is 0 Å². The number of rotatable bonds is 6. The fourth-order valence-electron chi connectivity index (χ4n) is 2.40. The van der Waals surface area contributed by atoms with Crippen molar-refractivity contribution in [2.75, 3.05) is 84.6 Å². The van der Waals surface area contributed by atoms with Crippen LogP contribution in [0.5, 0.6) is 0 Å². The van der Waals surface area contributed by atoms with Gasteiger partial charge in [0.05, 0.1) is 0 Å². The molecule has 0 bridgehead atoms. The predicted octanol–water partition coefficient (Wildman–Crippen LogP) is -0.688. The zero-order chi connectivity index (χ0) is 16.6. The quantitative estimate of drug-likeness (QED) is 0.446. The molecule has 0 aromatic heterocycles. The summed E-state index contributed by atoms with van der Waals surface area (Å²) >= 11 is -3.02. The molecule has 122 valence electrons. The average Bonchev–Trinajstić information content (AvgIpc) is 2.12. The van der Waals surface area contributed by atoms with Crippen LogP contribution in [0.3, 0.4) is 0 Å². The van der Waals surface area contributed by atoms with E-state index in [1.165, 1.54) is 0 Å². The molecule has 0 N–H and O–H groups in total. The molecule has 0 unspecified atom stereocenters. The van der Waals surface area contributed by atoms with E-state index in [2.05, 4.69) is 103 Å². The maximum absolute atomic E-state index is 2.36. The summed E-state index contributed by atoms with van der Waals surface area (Å²) < 4.78 is 14.2. The Kier molecular flexibility index (Phi) is 14.0. The summed E-state index contributed by atoms with van der Waals surface area (Å²) in [5.41, 5.74) is 0. The number of hydrogen-bond donors (Lipinski definition) is 0. The van der Waals surface area contributed by atoms with Crippen LogP contribution in [0.1, 0.15) is 0 Å². The van der Waals surface area contributed by atoms with E-state index in [1.54, 1.807) is 0 Å². The van der Waals surface area contributed by atoms with E-state index in [4.69, 9.17) is 0 Å². The standard InChI is InChI=1S/6C2H6N.2Sn/c6*1-3-2;;/h6*1-2H3;;/q6*-1;2*+3. The van der Waals surface area contributed by atoms with Gasteiger partial charge in [-0.05, 0) is 0 Å². The average molecular weight is 502 g/mol. The molecule has 0 spiro atoms. The van der Waals surface area contributed by atoms with Gasteiger partial charge in [0.25, 0.3) is 0 Å². The minimum atomic E-state index is -1.51. The van der Waals surface area contributed by atoms with E-state index in [-0.39, 0.29) is 0 Å². The van der Waals surface area contributed by atoms with Crippen molar-refractivity contribution in [3.8, 4) is 0 Å². The van der Waals surface area contributed by atoms with Gasteiger partial charge in [-0.2, -0.15) is 0 Å². The van der Waals surface area contributed by atoms with Gasteiger partial charge in [-0.1, -0.05) is 0 Å². The van der Waals surface area contributed by atoms with Crippen molar-refractivity contribution in [3.05, 3.63) is 0 Å². The molecule has 0 aromatic rings. The van der Waals surface area contributed by atoms with Crippen LogP contribution in [-0.4, -0.2) is 144 Å². The second-order valence-corrected chi connectivity index (χ2v) is 24.7. The van der Waals surface area contributed by atoms with Crippen molar-refractivity contribution in [1.29, 1.82) is 0 Å². The molecule has 0 rings (SSSR count). The Balaban J connectivity index is 0. The third-order valence-electron chi connectivity index (χ3n) is 2.40. The second-order valence-electron chi connectivity index (χ2n) is 5.97. The van der Waals surface area contributed by atoms with Crippen molar-refractivity contribution in [1.82, 2.24) is 18.7 Å². The fraction of sp³-hybridized carbons (Fsp3) is 1.00. The van der Waals surface area contributed by atoms with Crippen molar-refractivity contribution in [2.45, 2.75) is 0 Å². The molecule has 0 aliphatic carbocycles. The van der Waals surface area contributed by atoms with Gasteiger partial charge in [-0.25, -0.2) is 0 Å². The molecule has 20 heavy (non-hydrogen) atoms. The molecule has 0 heterocycles. The summed E-state index contributed by atoms with van der Waals surface area (Å²) in [6.07, 6.45) is 0. The van der Waals surface area contributed by atoms with Gasteiger partial charge in [0.1, 0.15) is 0 Å². The Morgan fingerprint density at radius 2 is 0.400 bits per heavy atom. The van der Waals surface area contributed by atoms with Crippen LogP contribution in [0, 0.1) is 0 Å². The molecule has 0 saturated heterocycles. The summed E-state index contributed by atoms with van der Waals surface area (Å²) in [5, 5.41) is 0. The first kappa shape index (κ1) is 23.6. The molecule has 0 aliphatic heterocycles. The van der Waals surface area contributed by atoms with E-state index < -0.39 is 41.2 Å². The first-order chi connectivity index (χ1) is 8.93. The molecular weight excluding hydrogens is 466 g/mol. The minimum absolute atomic E-state index is 1.51. The molecule has 0 aromatic carbocycles. The summed E-state index contributed by atoms with van der Waals surface area (Å²) in [6, 6.07) is 0. The summed E-state index contributed by atoms with van der Waals surface area (Å²) in [5.74, 6) is 0. The van der Waals surface area contributed by atoms with Crippen LogP contribution in [-0.2, 0) is 0 Å². The van der Waals surface area contributed by atoms with Crippen LogP contribution in [0.15, 0.2) is 0 Å². The van der Waals surface area contributed by atoms with Crippen LogP contribution in [0.4, 0.5) is 0 Å². The van der Waals surface area contributed by atoms with Crippen LogP contribution >= 0.6 is 0 Å². The van der Waals surface area contributed by atoms with Crippen LogP contribution in [0.25, 0.3) is 0 Å². The van der Waals surface area contributed by atoms with Crippen LogP contribution in [0.2, 0.25) is 0 Å². The Morgan fingerprint density at radius 3 is 0.400 bits per heavy atom. The van der Waals surface area contributed by atoms with E-state index in [9.17, 15) is 0 Å². The summed E-state index contributed by atoms with van der Waals surface area (Å²) in [7, 11) is 25.9. The van der Waals surface area contributed by atoms with Gasteiger partial charge in [0.2, 0.25) is 0 Å². The number of nitrogens with zero attached hydrogens (tertiary/aromatic N) is 6. The summed E-state index contributed by atoms with van der Waals surface area (Å²) in [4.78, 5) is 0. The Bertz CT molecular complexity index is 172. The maximum atomic E-state index is 2.36. The second kappa shape index (κ2) is 11.9. The molecule has 0 aliphatic rings. The Labute approximate surface area is 143 Å². The van der Waals surface area contributed by atoms with E-state index in [1.807, 2.05) is 0 Å². The zero-order valence-electron chi connectivity index (χ0n) is 15.7. The molecule has 0 saturated carbocycles. The molecule has 0 fully saturated rings. The van der Waals surface area contributed by atoms with E-state index in [0.29, 0.717) is 0 Å². The summed E-state index contributed by atoms with van der Waals surface area (Å²) in [6.45, 7) is 0. The SMILES string of the molecule is C[N](C)[Sn]([N](C)C)[N](C)C.C[N](C)[Sn]([N](C)C)[N](C)C. The van der Waals surface area contributed by atoms with Gasteiger partial charge < -0.3 is 0 Å². The normalized spacial score (nSPS) is 12.6. The van der Waals surface area contributed by atoms with Gasteiger partial charge in [-0.15, -0.1) is 0 Å². The monoisotopic (exact) mass is 504 g/mol. The molecular formula is C12H36N6Sn2. The Morgan fingerprint density at radius 1 is 0.300 bits per heavy atom. The topological polar surface area (TPSA) is 19.4 Å².